The first-order valence-corrected chi connectivity index (χ1v) is 43.1. The van der Waals surface area contributed by atoms with Gasteiger partial charge in [0.25, 0.3) is 0 Å². The maximum atomic E-state index is 13.1. The maximum absolute atomic E-state index is 13.1. The number of hydrogen-bond acceptors (Lipinski definition) is 15. The van der Waals surface area contributed by atoms with Crippen LogP contribution in [0.1, 0.15) is 336 Å². The zero-order valence-electron chi connectivity index (χ0n) is 64.3. The van der Waals surface area contributed by atoms with Crippen molar-refractivity contribution in [1.82, 2.24) is 0 Å². The molecule has 0 heterocycles. The SMILES string of the molecule is CCC/C=C\C/C=C\CCCCCCCC(=O)OCC(COP(=O)(O)OCC(O)COP(=O)(O)OCC(COC(=O)CCCCCCCC/C=C\C/C=C\C/C=C\CCCCC)OC(=O)CCCCCCCC/C=C\C/C=C\C/C=C\CCCCC)OC(=O)CCCCCCC/C=C\CCCC. The molecule has 17 nitrogen and oxygen atoms in total. The van der Waals surface area contributed by atoms with Gasteiger partial charge in [0.05, 0.1) is 26.4 Å². The van der Waals surface area contributed by atoms with E-state index in [1.165, 1.54) is 51.4 Å². The van der Waals surface area contributed by atoms with E-state index in [2.05, 4.69) is 137 Å². The minimum Gasteiger partial charge on any atom is -0.462 e. The van der Waals surface area contributed by atoms with Gasteiger partial charge in [-0.1, -0.05) is 272 Å². The highest BCUT2D eigenvalue weighted by molar-refractivity contribution is 7.47. The number of phosphoric acid groups is 2. The van der Waals surface area contributed by atoms with Gasteiger partial charge < -0.3 is 33.8 Å². The van der Waals surface area contributed by atoms with Crippen molar-refractivity contribution in [3.05, 3.63) is 109 Å². The van der Waals surface area contributed by atoms with Gasteiger partial charge in [-0.2, -0.15) is 0 Å². The number of hydrogen-bond donors (Lipinski definition) is 3. The number of unbranched alkanes of at least 4 members (excludes halogenated alkanes) is 31. The number of rotatable bonds is 75. The average molecular weight is 1480 g/mol. The van der Waals surface area contributed by atoms with Gasteiger partial charge in [-0.15, -0.1) is 0 Å². The van der Waals surface area contributed by atoms with Gasteiger partial charge in [0.2, 0.25) is 0 Å². The molecule has 0 aliphatic carbocycles. The largest absolute Gasteiger partial charge is 0.472 e. The average Bonchev–Trinajstić information content (AvgIpc) is 0.925. The van der Waals surface area contributed by atoms with Crippen LogP contribution >= 0.6 is 15.6 Å². The quantitative estimate of drug-likeness (QED) is 0.0169. The van der Waals surface area contributed by atoms with Gasteiger partial charge in [-0.05, 0) is 148 Å². The fourth-order valence-corrected chi connectivity index (χ4v) is 12.1. The second-order valence-electron chi connectivity index (χ2n) is 26.6. The Labute approximate surface area is 619 Å². The molecule has 102 heavy (non-hydrogen) atoms. The van der Waals surface area contributed by atoms with Gasteiger partial charge in [-0.3, -0.25) is 37.3 Å². The smallest absolute Gasteiger partial charge is 0.462 e. The summed E-state index contributed by atoms with van der Waals surface area (Å²) in [6, 6.07) is 0. The first-order valence-electron chi connectivity index (χ1n) is 40.1. The molecule has 0 aromatic carbocycles. The highest BCUT2D eigenvalue weighted by Gasteiger charge is 2.30. The van der Waals surface area contributed by atoms with Crippen molar-refractivity contribution < 1.29 is 80.2 Å². The molecule has 588 valence electrons. The first-order chi connectivity index (χ1) is 49.7. The van der Waals surface area contributed by atoms with E-state index in [4.69, 9.17) is 37.0 Å². The second-order valence-corrected chi connectivity index (χ2v) is 29.5. The molecule has 0 aromatic heterocycles. The Morgan fingerprint density at radius 3 is 0.814 bits per heavy atom. The fraction of sp³-hybridized carbons (Fsp3) is 0.735. The molecular weight excluding hydrogens is 1330 g/mol. The zero-order valence-corrected chi connectivity index (χ0v) is 66.0. The van der Waals surface area contributed by atoms with E-state index < -0.39 is 97.5 Å². The van der Waals surface area contributed by atoms with Crippen LogP contribution < -0.4 is 0 Å². The van der Waals surface area contributed by atoms with E-state index >= 15 is 0 Å². The Morgan fingerprint density at radius 1 is 0.275 bits per heavy atom. The topological polar surface area (TPSA) is 237 Å². The summed E-state index contributed by atoms with van der Waals surface area (Å²) in [4.78, 5) is 72.9. The predicted octanol–water partition coefficient (Wildman–Crippen LogP) is 23.3. The molecule has 0 saturated carbocycles. The van der Waals surface area contributed by atoms with E-state index in [9.17, 15) is 43.2 Å². The standard InChI is InChI=1S/C83H144O17P2/c1-5-9-13-17-21-25-29-32-34-36-38-40-42-45-49-52-56-60-64-68-81(86)94-74-79(100-83(88)70-66-62-58-54-50-46-43-41-39-37-35-33-30-26-22-18-14-10-6-2)76-98-102(91,92)96-72-77(84)71-95-101(89,90)97-75-78(99-82(87)69-65-61-57-53-47-28-24-20-16-12-8-4)73-93-80(85)67-63-59-55-51-48-44-31-27-23-19-15-11-7-3/h15,19-22,24-27,31-35,38-41,77-79,84H,5-14,16-18,23,28-30,36-37,42-76H2,1-4H3,(H,89,90)(H,91,92)/b19-15-,24-20-,25-21-,26-22-,31-27-,34-32-,35-33-,40-38-,41-39-. The number of aliphatic hydroxyl groups is 1. The summed E-state index contributed by atoms with van der Waals surface area (Å²) in [5.74, 6) is -2.22. The minimum atomic E-state index is -4.99. The Morgan fingerprint density at radius 2 is 0.510 bits per heavy atom. The minimum absolute atomic E-state index is 0.0761. The van der Waals surface area contributed by atoms with Crippen LogP contribution in [0.5, 0.6) is 0 Å². The number of ether oxygens (including phenoxy) is 4. The lowest BCUT2D eigenvalue weighted by Gasteiger charge is -2.21. The van der Waals surface area contributed by atoms with Crippen molar-refractivity contribution in [3.8, 4) is 0 Å². The normalized spacial score (nSPS) is 14.5. The molecule has 0 saturated heterocycles. The number of allylic oxidation sites excluding steroid dienone is 18. The molecule has 0 radical (unpaired) electrons. The van der Waals surface area contributed by atoms with Crippen molar-refractivity contribution >= 4 is 39.5 Å². The van der Waals surface area contributed by atoms with Crippen molar-refractivity contribution in [3.63, 3.8) is 0 Å². The summed E-state index contributed by atoms with van der Waals surface area (Å²) in [6.45, 7) is 4.68. The molecule has 19 heteroatoms. The molecule has 5 atom stereocenters. The molecular formula is C83H144O17P2. The summed E-state index contributed by atoms with van der Waals surface area (Å²) in [5.41, 5.74) is 0. The highest BCUT2D eigenvalue weighted by atomic mass is 31.2. The Balaban J connectivity index is 5.36. The molecule has 0 spiro atoms. The third-order valence-electron chi connectivity index (χ3n) is 16.7. The van der Waals surface area contributed by atoms with Crippen molar-refractivity contribution in [2.45, 2.75) is 354 Å². The lowest BCUT2D eigenvalue weighted by molar-refractivity contribution is -0.161. The van der Waals surface area contributed by atoms with Crippen LogP contribution in [0.2, 0.25) is 0 Å². The Kier molecular flexibility index (Phi) is 71.8. The number of carbonyl (C=O) groups is 4. The molecule has 0 aromatic rings. The van der Waals surface area contributed by atoms with Gasteiger partial charge >= 0.3 is 39.5 Å². The summed E-state index contributed by atoms with van der Waals surface area (Å²) >= 11 is 0. The number of carbonyl (C=O) groups excluding carboxylic acids is 4. The first kappa shape index (κ1) is 97.7. The van der Waals surface area contributed by atoms with Crippen LogP contribution in [0.15, 0.2) is 109 Å². The van der Waals surface area contributed by atoms with Crippen molar-refractivity contribution in [1.29, 1.82) is 0 Å². The molecule has 0 aliphatic heterocycles. The maximum Gasteiger partial charge on any atom is 0.472 e. The third kappa shape index (κ3) is 74.0. The van der Waals surface area contributed by atoms with Crippen LogP contribution in [-0.2, 0) is 65.4 Å². The number of aliphatic hydroxyl groups excluding tert-OH is 1. The second kappa shape index (κ2) is 75.0. The van der Waals surface area contributed by atoms with E-state index in [0.717, 1.165) is 205 Å². The fourth-order valence-electron chi connectivity index (χ4n) is 10.5. The van der Waals surface area contributed by atoms with Crippen LogP contribution in [0.25, 0.3) is 0 Å². The molecule has 0 fully saturated rings. The Bertz CT molecular complexity index is 2360. The lowest BCUT2D eigenvalue weighted by Crippen LogP contribution is -2.30. The van der Waals surface area contributed by atoms with Crippen molar-refractivity contribution in [2.24, 2.45) is 0 Å². The van der Waals surface area contributed by atoms with Crippen LogP contribution in [0, 0.1) is 0 Å². The van der Waals surface area contributed by atoms with E-state index in [1.807, 2.05) is 0 Å². The summed E-state index contributed by atoms with van der Waals surface area (Å²) < 4.78 is 68.5. The summed E-state index contributed by atoms with van der Waals surface area (Å²) in [6.07, 6.45) is 80.7. The van der Waals surface area contributed by atoms with Gasteiger partial charge in [0.1, 0.15) is 19.3 Å². The van der Waals surface area contributed by atoms with E-state index in [1.54, 1.807) is 0 Å². The lowest BCUT2D eigenvalue weighted by atomic mass is 10.1. The van der Waals surface area contributed by atoms with Crippen LogP contribution in [-0.4, -0.2) is 96.7 Å². The van der Waals surface area contributed by atoms with Crippen molar-refractivity contribution in [2.75, 3.05) is 39.6 Å². The summed E-state index contributed by atoms with van der Waals surface area (Å²) in [5, 5.41) is 10.6. The number of phosphoric ester groups is 2. The van der Waals surface area contributed by atoms with E-state index in [-0.39, 0.29) is 25.7 Å². The molecule has 0 amide bonds. The van der Waals surface area contributed by atoms with Crippen LogP contribution in [0.4, 0.5) is 0 Å². The van der Waals surface area contributed by atoms with Gasteiger partial charge in [-0.25, -0.2) is 9.13 Å². The third-order valence-corrected chi connectivity index (χ3v) is 18.6. The molecule has 5 unspecified atom stereocenters. The molecule has 3 N–H and O–H groups in total. The monoisotopic (exact) mass is 1470 g/mol. The molecule has 0 bridgehead atoms. The summed E-state index contributed by atoms with van der Waals surface area (Å²) in [7, 11) is -9.96. The highest BCUT2D eigenvalue weighted by Crippen LogP contribution is 2.45. The van der Waals surface area contributed by atoms with Gasteiger partial charge in [0.15, 0.2) is 12.2 Å². The predicted molar refractivity (Wildman–Crippen MR) is 418 cm³/mol. The Hall–Kier alpha value is -4.28. The zero-order chi connectivity index (χ0) is 74.6. The molecule has 0 rings (SSSR count). The van der Waals surface area contributed by atoms with Gasteiger partial charge in [0, 0.05) is 25.7 Å². The van der Waals surface area contributed by atoms with Crippen LogP contribution in [0.3, 0.4) is 0 Å². The van der Waals surface area contributed by atoms with E-state index in [0.29, 0.717) is 25.7 Å². The number of esters is 4. The molecule has 0 aliphatic rings.